The van der Waals surface area contributed by atoms with Crippen LogP contribution < -0.4 is 10.6 Å². The molecule has 0 bridgehead atoms. The minimum atomic E-state index is -0.624. The summed E-state index contributed by atoms with van der Waals surface area (Å²) in [6.07, 6.45) is 1.93. The van der Waals surface area contributed by atoms with Gasteiger partial charge in [0.05, 0.1) is 12.1 Å². The zero-order chi connectivity index (χ0) is 27.4. The minimum absolute atomic E-state index is 0.0142. The summed E-state index contributed by atoms with van der Waals surface area (Å²) in [5.41, 5.74) is 8.19. The summed E-state index contributed by atoms with van der Waals surface area (Å²) < 4.78 is 20.4. The zero-order valence-corrected chi connectivity index (χ0v) is 23.3. The van der Waals surface area contributed by atoms with Crippen molar-refractivity contribution in [2.24, 2.45) is 5.73 Å². The molecule has 0 aliphatic carbocycles. The van der Waals surface area contributed by atoms with Gasteiger partial charge in [-0.15, -0.1) is 0 Å². The fourth-order valence-corrected chi connectivity index (χ4v) is 5.86. The topological polar surface area (TPSA) is 79.1 Å². The van der Waals surface area contributed by atoms with Crippen LogP contribution in [0.15, 0.2) is 36.4 Å². The summed E-state index contributed by atoms with van der Waals surface area (Å²) in [6.45, 7) is 4.54. The SMILES string of the molecule is CCC(OC)C(N)c1ccc(N2CCN(C(=O)C(Cc3ccc(Cl)cc3Cl)N3CCCC3=O)CC2)cc1F. The third-order valence-electron chi connectivity index (χ3n) is 7.60. The molecule has 4 rings (SSSR count). The molecule has 2 aromatic rings. The third kappa shape index (κ3) is 6.25. The van der Waals surface area contributed by atoms with Gasteiger partial charge in [0.15, 0.2) is 0 Å². The first-order valence-corrected chi connectivity index (χ1v) is 13.8. The number of benzene rings is 2. The van der Waals surface area contributed by atoms with Crippen molar-refractivity contribution >= 4 is 40.7 Å². The lowest BCUT2D eigenvalue weighted by Crippen LogP contribution is -2.56. The number of hydrogen-bond acceptors (Lipinski definition) is 5. The Hall–Kier alpha value is -2.39. The molecule has 0 radical (unpaired) electrons. The molecule has 2 fully saturated rings. The molecule has 2 aliphatic heterocycles. The lowest BCUT2D eigenvalue weighted by atomic mass is 9.99. The number of rotatable bonds is 9. The number of methoxy groups -OCH3 is 1. The average molecular weight is 566 g/mol. The lowest BCUT2D eigenvalue weighted by molar-refractivity contribution is -0.143. The molecule has 206 valence electrons. The Morgan fingerprint density at radius 2 is 1.84 bits per heavy atom. The van der Waals surface area contributed by atoms with Crippen molar-refractivity contribution in [1.82, 2.24) is 9.80 Å². The van der Waals surface area contributed by atoms with Crippen LogP contribution in [-0.4, -0.2) is 73.6 Å². The Morgan fingerprint density at radius 3 is 2.42 bits per heavy atom. The van der Waals surface area contributed by atoms with Gasteiger partial charge in [-0.3, -0.25) is 9.59 Å². The number of carbonyl (C=O) groups is 2. The molecule has 0 spiro atoms. The van der Waals surface area contributed by atoms with E-state index < -0.39 is 12.1 Å². The maximum atomic E-state index is 15.0. The molecule has 2 aliphatic rings. The highest BCUT2D eigenvalue weighted by Crippen LogP contribution is 2.28. The van der Waals surface area contributed by atoms with Gasteiger partial charge in [-0.25, -0.2) is 4.39 Å². The largest absolute Gasteiger partial charge is 0.379 e. The van der Waals surface area contributed by atoms with Gasteiger partial charge < -0.3 is 25.2 Å². The van der Waals surface area contributed by atoms with E-state index in [4.69, 9.17) is 33.7 Å². The summed E-state index contributed by atoms with van der Waals surface area (Å²) in [7, 11) is 1.58. The molecule has 10 heteroatoms. The van der Waals surface area contributed by atoms with Gasteiger partial charge >= 0.3 is 0 Å². The van der Waals surface area contributed by atoms with E-state index in [1.54, 1.807) is 35.1 Å². The third-order valence-corrected chi connectivity index (χ3v) is 8.19. The molecule has 0 aromatic heterocycles. The summed E-state index contributed by atoms with van der Waals surface area (Å²) in [6, 6.07) is 9.12. The standard InChI is InChI=1S/C28H35Cl2FN4O3/c1-3-25(38-2)27(32)21-9-8-20(17-23(21)31)33-11-13-34(14-12-33)28(37)24(35-10-4-5-26(35)36)15-18-6-7-19(29)16-22(18)30/h6-9,16-17,24-25,27H,3-5,10-15,32H2,1-2H3. The quantitative estimate of drug-likeness (QED) is 0.487. The second-order valence-electron chi connectivity index (χ2n) is 9.87. The van der Waals surface area contributed by atoms with E-state index in [1.165, 1.54) is 6.07 Å². The number of amides is 2. The molecular weight excluding hydrogens is 530 g/mol. The molecule has 2 N–H and O–H groups in total. The number of nitrogens with zero attached hydrogens (tertiary/aromatic N) is 3. The predicted molar refractivity (Wildman–Crippen MR) is 148 cm³/mol. The Morgan fingerprint density at radius 1 is 1.11 bits per heavy atom. The second-order valence-corrected chi connectivity index (χ2v) is 10.7. The van der Waals surface area contributed by atoms with Crippen molar-refractivity contribution in [2.45, 2.75) is 50.8 Å². The summed E-state index contributed by atoms with van der Waals surface area (Å²) in [5.74, 6) is -0.473. The molecule has 2 aromatic carbocycles. The fraction of sp³-hybridized carbons (Fsp3) is 0.500. The predicted octanol–water partition coefficient (Wildman–Crippen LogP) is 4.44. The van der Waals surface area contributed by atoms with Crippen LogP contribution in [0.25, 0.3) is 0 Å². The van der Waals surface area contributed by atoms with Crippen LogP contribution in [0.4, 0.5) is 10.1 Å². The highest BCUT2D eigenvalue weighted by atomic mass is 35.5. The molecule has 0 saturated carbocycles. The van der Waals surface area contributed by atoms with Crippen LogP contribution in [-0.2, 0) is 20.7 Å². The first kappa shape index (κ1) is 28.6. The number of ether oxygens (including phenoxy) is 1. The summed E-state index contributed by atoms with van der Waals surface area (Å²) >= 11 is 12.5. The van der Waals surface area contributed by atoms with E-state index in [9.17, 15) is 14.0 Å². The van der Waals surface area contributed by atoms with E-state index in [0.29, 0.717) is 67.6 Å². The van der Waals surface area contributed by atoms with Gasteiger partial charge in [-0.1, -0.05) is 42.3 Å². The first-order chi connectivity index (χ1) is 18.2. The summed E-state index contributed by atoms with van der Waals surface area (Å²) in [5, 5.41) is 0.998. The van der Waals surface area contributed by atoms with Crippen LogP contribution in [0.2, 0.25) is 10.0 Å². The Balaban J connectivity index is 1.44. The highest BCUT2D eigenvalue weighted by molar-refractivity contribution is 6.35. The summed E-state index contributed by atoms with van der Waals surface area (Å²) in [4.78, 5) is 31.8. The van der Waals surface area contributed by atoms with Crippen LogP contribution in [0.5, 0.6) is 0 Å². The number of hydrogen-bond donors (Lipinski definition) is 1. The molecule has 3 unspecified atom stereocenters. The van der Waals surface area contributed by atoms with E-state index in [2.05, 4.69) is 4.90 Å². The van der Waals surface area contributed by atoms with Crippen molar-refractivity contribution in [3.8, 4) is 0 Å². The molecule has 2 saturated heterocycles. The fourth-order valence-electron chi connectivity index (χ4n) is 5.37. The average Bonchev–Trinajstić information content (AvgIpc) is 3.34. The number of piperazine rings is 1. The molecule has 38 heavy (non-hydrogen) atoms. The van der Waals surface area contributed by atoms with Crippen molar-refractivity contribution < 1.29 is 18.7 Å². The van der Waals surface area contributed by atoms with Crippen molar-refractivity contribution in [3.63, 3.8) is 0 Å². The van der Waals surface area contributed by atoms with Gasteiger partial charge in [-0.05, 0) is 42.7 Å². The molecule has 2 amide bonds. The number of halogens is 3. The maximum absolute atomic E-state index is 15.0. The zero-order valence-electron chi connectivity index (χ0n) is 21.8. The molecular formula is C28H35Cl2FN4O3. The monoisotopic (exact) mass is 564 g/mol. The number of nitrogens with two attached hydrogens (primary N) is 1. The van der Waals surface area contributed by atoms with Gasteiger partial charge in [0.2, 0.25) is 11.8 Å². The molecule has 7 nitrogen and oxygen atoms in total. The van der Waals surface area contributed by atoms with Gasteiger partial charge in [0, 0.05) is 74.0 Å². The first-order valence-electron chi connectivity index (χ1n) is 13.1. The van der Waals surface area contributed by atoms with E-state index in [0.717, 1.165) is 17.7 Å². The van der Waals surface area contributed by atoms with E-state index in [-0.39, 0.29) is 23.7 Å². The van der Waals surface area contributed by atoms with Crippen molar-refractivity contribution in [2.75, 3.05) is 44.7 Å². The van der Waals surface area contributed by atoms with Crippen LogP contribution >= 0.6 is 23.2 Å². The molecule has 3 atom stereocenters. The van der Waals surface area contributed by atoms with Crippen molar-refractivity contribution in [1.29, 1.82) is 0 Å². The van der Waals surface area contributed by atoms with E-state index >= 15 is 0 Å². The highest BCUT2D eigenvalue weighted by Gasteiger charge is 2.37. The Kier molecular flexibility index (Phi) is 9.52. The Labute approximate surface area is 233 Å². The normalized spacial score (nSPS) is 18.6. The van der Waals surface area contributed by atoms with Gasteiger partial charge in [0.25, 0.3) is 0 Å². The van der Waals surface area contributed by atoms with E-state index in [1.807, 2.05) is 19.1 Å². The van der Waals surface area contributed by atoms with Gasteiger partial charge in [0.1, 0.15) is 11.9 Å². The Bertz CT molecular complexity index is 1150. The molecule has 2 heterocycles. The van der Waals surface area contributed by atoms with Gasteiger partial charge in [-0.2, -0.15) is 0 Å². The smallest absolute Gasteiger partial charge is 0.245 e. The number of anilines is 1. The van der Waals surface area contributed by atoms with Crippen molar-refractivity contribution in [3.05, 3.63) is 63.4 Å². The maximum Gasteiger partial charge on any atom is 0.245 e. The number of likely N-dealkylation sites (tertiary alicyclic amines) is 1. The second kappa shape index (κ2) is 12.6. The van der Waals surface area contributed by atoms with Crippen LogP contribution in [0.3, 0.4) is 0 Å². The lowest BCUT2D eigenvalue weighted by Gasteiger charge is -2.39. The minimum Gasteiger partial charge on any atom is -0.379 e. The van der Waals surface area contributed by atoms with Crippen LogP contribution in [0, 0.1) is 5.82 Å². The number of carbonyl (C=O) groups excluding carboxylic acids is 2. The van der Waals surface area contributed by atoms with Crippen LogP contribution in [0.1, 0.15) is 43.4 Å².